The molecule has 1 amide bonds. The van der Waals surface area contributed by atoms with Crippen LogP contribution in [-0.2, 0) is 0 Å². The van der Waals surface area contributed by atoms with Gasteiger partial charge in [0.2, 0.25) is 0 Å². The van der Waals surface area contributed by atoms with Crippen LogP contribution in [0.1, 0.15) is 31.3 Å². The summed E-state index contributed by atoms with van der Waals surface area (Å²) in [6.07, 6.45) is 3.00. The van der Waals surface area contributed by atoms with Crippen molar-refractivity contribution in [1.29, 1.82) is 0 Å². The third kappa shape index (κ3) is 3.27. The first kappa shape index (κ1) is 9.77. The third-order valence-corrected chi connectivity index (χ3v) is 1.52. The molecule has 13 heavy (non-hydrogen) atoms. The number of aromatic nitrogens is 2. The van der Waals surface area contributed by atoms with E-state index in [0.717, 1.165) is 0 Å². The highest BCUT2D eigenvalue weighted by atomic mass is 16.1. The van der Waals surface area contributed by atoms with Crippen LogP contribution < -0.4 is 5.32 Å². The summed E-state index contributed by atoms with van der Waals surface area (Å²) in [5, 5.41) is 2.81. The number of aromatic amines is 1. The summed E-state index contributed by atoms with van der Waals surface area (Å²) in [6.45, 7) is 6.87. The molecule has 4 heteroatoms. The van der Waals surface area contributed by atoms with Crippen LogP contribution >= 0.6 is 0 Å². The lowest BCUT2D eigenvalue weighted by Gasteiger charge is -2.18. The minimum atomic E-state index is -0.104. The second kappa shape index (κ2) is 3.60. The van der Waals surface area contributed by atoms with E-state index in [1.807, 2.05) is 0 Å². The highest BCUT2D eigenvalue weighted by molar-refractivity contribution is 5.91. The van der Waals surface area contributed by atoms with Crippen molar-refractivity contribution in [2.75, 3.05) is 6.54 Å². The molecule has 1 aromatic rings. The standard InChI is InChI=1S/C9H15N3O/c1-9(2,3)5-11-8(13)7-4-10-6-12-7/h4,6H,5H2,1-3H3,(H,10,12)(H,11,13). The topological polar surface area (TPSA) is 57.8 Å². The number of nitrogens with one attached hydrogen (secondary N) is 2. The molecule has 0 aliphatic rings. The number of hydrogen-bond donors (Lipinski definition) is 2. The average molecular weight is 181 g/mol. The van der Waals surface area contributed by atoms with E-state index in [2.05, 4.69) is 36.1 Å². The van der Waals surface area contributed by atoms with Gasteiger partial charge in [-0.2, -0.15) is 0 Å². The van der Waals surface area contributed by atoms with Crippen LogP contribution in [0.2, 0.25) is 0 Å². The largest absolute Gasteiger partial charge is 0.350 e. The molecule has 72 valence electrons. The van der Waals surface area contributed by atoms with E-state index < -0.39 is 0 Å². The molecule has 0 aliphatic heterocycles. The van der Waals surface area contributed by atoms with Gasteiger partial charge in [0, 0.05) is 6.54 Å². The molecule has 0 fully saturated rings. The number of nitrogens with zero attached hydrogens (tertiary/aromatic N) is 1. The summed E-state index contributed by atoms with van der Waals surface area (Å²) in [6, 6.07) is 0. The summed E-state index contributed by atoms with van der Waals surface area (Å²) in [4.78, 5) is 17.9. The molecular formula is C9H15N3O. The number of amides is 1. The third-order valence-electron chi connectivity index (χ3n) is 1.52. The Morgan fingerprint density at radius 3 is 2.77 bits per heavy atom. The van der Waals surface area contributed by atoms with Gasteiger partial charge in [0.25, 0.3) is 5.91 Å². The molecule has 0 spiro atoms. The van der Waals surface area contributed by atoms with Crippen molar-refractivity contribution in [3.05, 3.63) is 18.2 Å². The molecule has 0 unspecified atom stereocenters. The Morgan fingerprint density at radius 1 is 1.62 bits per heavy atom. The van der Waals surface area contributed by atoms with E-state index in [-0.39, 0.29) is 11.3 Å². The second-order valence-corrected chi connectivity index (χ2v) is 4.21. The van der Waals surface area contributed by atoms with Crippen LogP contribution in [0.5, 0.6) is 0 Å². The average Bonchev–Trinajstić information content (AvgIpc) is 2.50. The molecule has 1 rings (SSSR count). The molecule has 0 radical (unpaired) electrons. The summed E-state index contributed by atoms with van der Waals surface area (Å²) >= 11 is 0. The lowest BCUT2D eigenvalue weighted by atomic mass is 9.97. The molecule has 1 aromatic heterocycles. The van der Waals surface area contributed by atoms with Crippen molar-refractivity contribution in [2.24, 2.45) is 5.41 Å². The lowest BCUT2D eigenvalue weighted by Crippen LogP contribution is -2.32. The predicted octanol–water partition coefficient (Wildman–Crippen LogP) is 1.19. The fourth-order valence-corrected chi connectivity index (χ4v) is 0.821. The van der Waals surface area contributed by atoms with Crippen molar-refractivity contribution < 1.29 is 4.79 Å². The zero-order chi connectivity index (χ0) is 9.90. The van der Waals surface area contributed by atoms with Crippen LogP contribution in [0.25, 0.3) is 0 Å². The maximum absolute atomic E-state index is 11.4. The molecule has 0 saturated heterocycles. The van der Waals surface area contributed by atoms with E-state index in [4.69, 9.17) is 0 Å². The minimum Gasteiger partial charge on any atom is -0.350 e. The minimum absolute atomic E-state index is 0.104. The normalized spacial score (nSPS) is 11.3. The SMILES string of the molecule is CC(C)(C)CNC(=O)c1cnc[nH]1. The number of imidazole rings is 1. The Balaban J connectivity index is 2.44. The molecule has 0 bridgehead atoms. The molecule has 0 saturated carbocycles. The lowest BCUT2D eigenvalue weighted by molar-refractivity contribution is 0.0935. The molecule has 1 heterocycles. The molecule has 0 aromatic carbocycles. The summed E-state index contributed by atoms with van der Waals surface area (Å²) < 4.78 is 0. The first-order valence-electron chi connectivity index (χ1n) is 4.25. The van der Waals surface area contributed by atoms with Crippen LogP contribution in [0.3, 0.4) is 0 Å². The van der Waals surface area contributed by atoms with Gasteiger partial charge >= 0.3 is 0 Å². The summed E-state index contributed by atoms with van der Waals surface area (Å²) in [7, 11) is 0. The van der Waals surface area contributed by atoms with Gasteiger partial charge in [0.05, 0.1) is 12.5 Å². The fourth-order valence-electron chi connectivity index (χ4n) is 0.821. The Bertz CT molecular complexity index is 272. The van der Waals surface area contributed by atoms with Crippen molar-refractivity contribution in [3.8, 4) is 0 Å². The van der Waals surface area contributed by atoms with Crippen LogP contribution in [0.4, 0.5) is 0 Å². The van der Waals surface area contributed by atoms with E-state index in [1.54, 1.807) is 0 Å². The zero-order valence-corrected chi connectivity index (χ0v) is 8.22. The summed E-state index contributed by atoms with van der Waals surface area (Å²) in [5.74, 6) is -0.104. The van der Waals surface area contributed by atoms with Crippen molar-refractivity contribution in [3.63, 3.8) is 0 Å². The molecule has 2 N–H and O–H groups in total. The predicted molar refractivity (Wildman–Crippen MR) is 50.4 cm³/mol. The van der Waals surface area contributed by atoms with Crippen molar-refractivity contribution in [2.45, 2.75) is 20.8 Å². The maximum Gasteiger partial charge on any atom is 0.269 e. The monoisotopic (exact) mass is 181 g/mol. The smallest absolute Gasteiger partial charge is 0.269 e. The molecule has 0 aliphatic carbocycles. The van der Waals surface area contributed by atoms with E-state index in [9.17, 15) is 4.79 Å². The highest BCUT2D eigenvalue weighted by Crippen LogP contribution is 2.10. The van der Waals surface area contributed by atoms with E-state index in [1.165, 1.54) is 12.5 Å². The van der Waals surface area contributed by atoms with Gasteiger partial charge < -0.3 is 10.3 Å². The van der Waals surface area contributed by atoms with Crippen LogP contribution in [0, 0.1) is 5.41 Å². The Morgan fingerprint density at radius 2 is 2.31 bits per heavy atom. The second-order valence-electron chi connectivity index (χ2n) is 4.21. The molecular weight excluding hydrogens is 166 g/mol. The molecule has 4 nitrogen and oxygen atoms in total. The van der Waals surface area contributed by atoms with Gasteiger partial charge in [-0.25, -0.2) is 4.98 Å². The van der Waals surface area contributed by atoms with Crippen LogP contribution in [0.15, 0.2) is 12.5 Å². The van der Waals surface area contributed by atoms with Gasteiger partial charge in [-0.15, -0.1) is 0 Å². The van der Waals surface area contributed by atoms with Gasteiger partial charge in [-0.1, -0.05) is 20.8 Å². The fraction of sp³-hybridized carbons (Fsp3) is 0.556. The van der Waals surface area contributed by atoms with Crippen molar-refractivity contribution >= 4 is 5.91 Å². The molecule has 0 atom stereocenters. The van der Waals surface area contributed by atoms with Crippen molar-refractivity contribution in [1.82, 2.24) is 15.3 Å². The van der Waals surface area contributed by atoms with E-state index >= 15 is 0 Å². The van der Waals surface area contributed by atoms with E-state index in [0.29, 0.717) is 12.2 Å². The Labute approximate surface area is 77.8 Å². The number of rotatable bonds is 2. The van der Waals surface area contributed by atoms with Gasteiger partial charge in [0.15, 0.2) is 0 Å². The quantitative estimate of drug-likeness (QED) is 0.720. The number of carbonyl (C=O) groups excluding carboxylic acids is 1. The van der Waals surface area contributed by atoms with Gasteiger partial charge in [-0.05, 0) is 5.41 Å². The summed E-state index contributed by atoms with van der Waals surface area (Å²) in [5.41, 5.74) is 0.611. The van der Waals surface area contributed by atoms with Gasteiger partial charge in [0.1, 0.15) is 5.69 Å². The highest BCUT2D eigenvalue weighted by Gasteiger charge is 2.13. The number of carbonyl (C=O) groups is 1. The first-order valence-corrected chi connectivity index (χ1v) is 4.25. The Hall–Kier alpha value is -1.32. The van der Waals surface area contributed by atoms with Gasteiger partial charge in [-0.3, -0.25) is 4.79 Å². The zero-order valence-electron chi connectivity index (χ0n) is 8.22. The number of hydrogen-bond acceptors (Lipinski definition) is 2. The maximum atomic E-state index is 11.4. The first-order chi connectivity index (χ1) is 5.99. The Kier molecular flexibility index (Phi) is 2.70. The number of H-pyrrole nitrogens is 1. The van der Waals surface area contributed by atoms with Crippen LogP contribution in [-0.4, -0.2) is 22.4 Å².